The first-order valence-electron chi connectivity index (χ1n) is 6.25. The van der Waals surface area contributed by atoms with Gasteiger partial charge in [-0.25, -0.2) is 4.98 Å². The molecule has 0 amide bonds. The van der Waals surface area contributed by atoms with Crippen molar-refractivity contribution in [3.63, 3.8) is 0 Å². The van der Waals surface area contributed by atoms with Crippen molar-refractivity contribution >= 4 is 5.82 Å². The van der Waals surface area contributed by atoms with E-state index >= 15 is 0 Å². The van der Waals surface area contributed by atoms with Crippen molar-refractivity contribution in [2.75, 3.05) is 38.1 Å². The number of likely N-dealkylation sites (N-methyl/N-ethyl adjacent to an activating group) is 1. The number of nitriles is 1. The summed E-state index contributed by atoms with van der Waals surface area (Å²) in [5.41, 5.74) is 0.576. The second-order valence-corrected chi connectivity index (χ2v) is 4.31. The Morgan fingerprint density at radius 1 is 1.61 bits per heavy atom. The molecule has 1 fully saturated rings. The molecule has 2 heterocycles. The molecule has 0 aromatic carbocycles. The topological polar surface area (TPSA) is 61.2 Å². The van der Waals surface area contributed by atoms with Gasteiger partial charge in [0.25, 0.3) is 0 Å². The van der Waals surface area contributed by atoms with E-state index in [1.807, 2.05) is 6.07 Å². The average Bonchev–Trinajstić information content (AvgIpc) is 2.46. The summed E-state index contributed by atoms with van der Waals surface area (Å²) in [6, 6.07) is 5.63. The predicted octanol–water partition coefficient (Wildman–Crippen LogP) is 1.09. The molecule has 0 aliphatic carbocycles. The number of nitrogens with one attached hydrogen (secondary N) is 1. The first-order chi connectivity index (χ1) is 8.81. The van der Waals surface area contributed by atoms with Gasteiger partial charge in [-0.2, -0.15) is 5.26 Å². The van der Waals surface area contributed by atoms with Crippen LogP contribution in [0, 0.1) is 11.3 Å². The highest BCUT2D eigenvalue weighted by Gasteiger charge is 2.18. The van der Waals surface area contributed by atoms with E-state index in [0.29, 0.717) is 5.56 Å². The first kappa shape index (κ1) is 12.8. The molecule has 0 spiro atoms. The number of morpholine rings is 1. The third-order valence-electron chi connectivity index (χ3n) is 3.07. The Hall–Kier alpha value is -1.64. The molecule has 1 aliphatic rings. The van der Waals surface area contributed by atoms with Gasteiger partial charge in [-0.3, -0.25) is 4.90 Å². The van der Waals surface area contributed by atoms with Crippen LogP contribution in [0.1, 0.15) is 12.5 Å². The van der Waals surface area contributed by atoms with E-state index in [2.05, 4.69) is 28.2 Å². The zero-order valence-electron chi connectivity index (χ0n) is 10.6. The number of aromatic nitrogens is 1. The van der Waals surface area contributed by atoms with Crippen LogP contribution >= 0.6 is 0 Å². The molecular weight excluding hydrogens is 228 g/mol. The van der Waals surface area contributed by atoms with Gasteiger partial charge in [0, 0.05) is 25.8 Å². The van der Waals surface area contributed by atoms with Crippen LogP contribution in [0.4, 0.5) is 5.82 Å². The molecule has 0 radical (unpaired) electrons. The fraction of sp³-hybridized carbons (Fsp3) is 0.538. The number of hydrogen-bond acceptors (Lipinski definition) is 5. The lowest BCUT2D eigenvalue weighted by molar-refractivity contribution is -0.0192. The van der Waals surface area contributed by atoms with Crippen molar-refractivity contribution in [3.05, 3.63) is 23.9 Å². The Labute approximate surface area is 107 Å². The second kappa shape index (κ2) is 6.34. The molecule has 1 saturated heterocycles. The quantitative estimate of drug-likeness (QED) is 0.861. The van der Waals surface area contributed by atoms with E-state index < -0.39 is 0 Å². The van der Waals surface area contributed by atoms with E-state index in [1.54, 1.807) is 12.3 Å². The monoisotopic (exact) mass is 246 g/mol. The summed E-state index contributed by atoms with van der Waals surface area (Å²) < 4.78 is 5.69. The summed E-state index contributed by atoms with van der Waals surface area (Å²) in [5.74, 6) is 0.784. The van der Waals surface area contributed by atoms with Gasteiger partial charge in [0.2, 0.25) is 0 Å². The minimum Gasteiger partial charge on any atom is -0.374 e. The molecule has 1 aromatic heterocycles. The molecule has 1 N–H and O–H groups in total. The summed E-state index contributed by atoms with van der Waals surface area (Å²) in [7, 11) is 0. The summed E-state index contributed by atoms with van der Waals surface area (Å²) >= 11 is 0. The highest BCUT2D eigenvalue weighted by atomic mass is 16.5. The smallest absolute Gasteiger partial charge is 0.126 e. The van der Waals surface area contributed by atoms with Gasteiger partial charge in [0.05, 0.1) is 18.3 Å². The van der Waals surface area contributed by atoms with Crippen molar-refractivity contribution in [1.29, 1.82) is 5.26 Å². The lowest BCUT2D eigenvalue weighted by Crippen LogP contribution is -2.45. The SMILES string of the molecule is CCN1CCOC(CNc2ccc(C#N)cn2)C1. The van der Waals surface area contributed by atoms with E-state index in [1.165, 1.54) is 0 Å². The Kier molecular flexibility index (Phi) is 4.51. The average molecular weight is 246 g/mol. The van der Waals surface area contributed by atoms with Crippen LogP contribution in [0.5, 0.6) is 0 Å². The fourth-order valence-corrected chi connectivity index (χ4v) is 1.97. The van der Waals surface area contributed by atoms with Crippen molar-refractivity contribution in [2.24, 2.45) is 0 Å². The summed E-state index contributed by atoms with van der Waals surface area (Å²) in [6.45, 7) is 6.74. The van der Waals surface area contributed by atoms with Gasteiger partial charge in [0.15, 0.2) is 0 Å². The fourth-order valence-electron chi connectivity index (χ4n) is 1.97. The van der Waals surface area contributed by atoms with Crippen LogP contribution in [0.2, 0.25) is 0 Å². The maximum absolute atomic E-state index is 8.68. The molecule has 1 aromatic rings. The minimum atomic E-state index is 0.205. The lowest BCUT2D eigenvalue weighted by Gasteiger charge is -2.32. The lowest BCUT2D eigenvalue weighted by atomic mass is 10.2. The van der Waals surface area contributed by atoms with Crippen molar-refractivity contribution in [3.8, 4) is 6.07 Å². The van der Waals surface area contributed by atoms with Crippen molar-refractivity contribution in [1.82, 2.24) is 9.88 Å². The van der Waals surface area contributed by atoms with Gasteiger partial charge >= 0.3 is 0 Å². The van der Waals surface area contributed by atoms with Crippen LogP contribution in [-0.2, 0) is 4.74 Å². The zero-order chi connectivity index (χ0) is 12.8. The number of nitrogens with zero attached hydrogens (tertiary/aromatic N) is 3. The van der Waals surface area contributed by atoms with Crippen LogP contribution in [-0.4, -0.2) is 48.8 Å². The van der Waals surface area contributed by atoms with Crippen LogP contribution < -0.4 is 5.32 Å². The second-order valence-electron chi connectivity index (χ2n) is 4.31. The van der Waals surface area contributed by atoms with Crippen LogP contribution in [0.3, 0.4) is 0 Å². The van der Waals surface area contributed by atoms with Crippen LogP contribution in [0.15, 0.2) is 18.3 Å². The molecule has 0 saturated carbocycles. The molecule has 0 bridgehead atoms. The molecular formula is C13H18N4O. The van der Waals surface area contributed by atoms with Gasteiger partial charge in [-0.1, -0.05) is 6.92 Å². The van der Waals surface area contributed by atoms with Gasteiger partial charge in [0.1, 0.15) is 11.9 Å². The number of hydrogen-bond donors (Lipinski definition) is 1. The molecule has 5 heteroatoms. The Balaban J connectivity index is 1.81. The molecule has 5 nitrogen and oxygen atoms in total. The maximum atomic E-state index is 8.68. The highest BCUT2D eigenvalue weighted by molar-refractivity contribution is 5.38. The third-order valence-corrected chi connectivity index (χ3v) is 3.07. The van der Waals surface area contributed by atoms with E-state index in [0.717, 1.165) is 38.6 Å². The Morgan fingerprint density at radius 2 is 2.50 bits per heavy atom. The van der Waals surface area contributed by atoms with Gasteiger partial charge in [-0.05, 0) is 18.7 Å². The van der Waals surface area contributed by atoms with Gasteiger partial charge in [-0.15, -0.1) is 0 Å². The number of anilines is 1. The van der Waals surface area contributed by atoms with Crippen molar-refractivity contribution < 1.29 is 4.74 Å². The Morgan fingerprint density at radius 3 is 3.17 bits per heavy atom. The molecule has 1 unspecified atom stereocenters. The molecule has 96 valence electrons. The zero-order valence-corrected chi connectivity index (χ0v) is 10.6. The molecule has 18 heavy (non-hydrogen) atoms. The summed E-state index contributed by atoms with van der Waals surface area (Å²) in [6.07, 6.45) is 1.78. The number of rotatable bonds is 4. The molecule has 1 aliphatic heterocycles. The normalized spacial score (nSPS) is 20.3. The summed E-state index contributed by atoms with van der Waals surface area (Å²) in [4.78, 5) is 6.55. The first-order valence-corrected chi connectivity index (χ1v) is 6.25. The van der Waals surface area contributed by atoms with E-state index in [-0.39, 0.29) is 6.10 Å². The summed E-state index contributed by atoms with van der Waals surface area (Å²) in [5, 5.41) is 11.9. The Bertz CT molecular complexity index is 412. The van der Waals surface area contributed by atoms with E-state index in [4.69, 9.17) is 10.00 Å². The van der Waals surface area contributed by atoms with Crippen molar-refractivity contribution in [2.45, 2.75) is 13.0 Å². The van der Waals surface area contributed by atoms with Gasteiger partial charge < -0.3 is 10.1 Å². The van der Waals surface area contributed by atoms with E-state index in [9.17, 15) is 0 Å². The number of ether oxygens (including phenoxy) is 1. The predicted molar refractivity (Wildman–Crippen MR) is 69.3 cm³/mol. The standard InChI is InChI=1S/C13H18N4O/c1-2-17-5-6-18-12(10-17)9-16-13-4-3-11(7-14)8-15-13/h3-4,8,12H,2,5-6,9-10H2,1H3,(H,15,16). The molecule has 2 rings (SSSR count). The largest absolute Gasteiger partial charge is 0.374 e. The molecule has 1 atom stereocenters. The maximum Gasteiger partial charge on any atom is 0.126 e. The van der Waals surface area contributed by atoms with Crippen LogP contribution in [0.25, 0.3) is 0 Å². The minimum absolute atomic E-state index is 0.205. The number of pyridine rings is 1. The highest BCUT2D eigenvalue weighted by Crippen LogP contribution is 2.08. The third kappa shape index (κ3) is 3.42.